The minimum Gasteiger partial charge on any atom is -0.406 e. The topological polar surface area (TPSA) is 118 Å². The Kier molecular flexibility index (Phi) is 8.73. The van der Waals surface area contributed by atoms with E-state index >= 15 is 0 Å². The molecule has 47 heavy (non-hydrogen) atoms. The summed E-state index contributed by atoms with van der Waals surface area (Å²) in [5.41, 5.74) is 1.12. The number of aromatic nitrogens is 3. The van der Waals surface area contributed by atoms with Crippen molar-refractivity contribution in [3.05, 3.63) is 70.6 Å². The van der Waals surface area contributed by atoms with Crippen LogP contribution in [-0.4, -0.2) is 65.6 Å². The Morgan fingerprint density at radius 2 is 1.66 bits per heavy atom. The lowest BCUT2D eigenvalue weighted by Gasteiger charge is -2.39. The third-order valence-electron chi connectivity index (χ3n) is 7.52. The number of nitrogens with one attached hydrogen (secondary N) is 1. The summed E-state index contributed by atoms with van der Waals surface area (Å²) in [5.74, 6) is -2.25. The van der Waals surface area contributed by atoms with Crippen LogP contribution in [0.15, 0.2) is 53.4 Å². The number of hydrogen-bond acceptors (Lipinski definition) is 9. The number of carbonyl (C=O) groups excluding carboxylic acids is 1. The number of piperazine rings is 1. The zero-order valence-corrected chi connectivity index (χ0v) is 26.2. The molecular weight excluding hydrogens is 698 g/mol. The fraction of sp³-hybridized carbons (Fsp3) is 0.357. The van der Waals surface area contributed by atoms with Crippen LogP contribution in [0, 0.1) is 0 Å². The van der Waals surface area contributed by atoms with Crippen molar-refractivity contribution in [1.29, 1.82) is 0 Å². The van der Waals surface area contributed by atoms with Crippen LogP contribution in [0.3, 0.4) is 0 Å². The van der Waals surface area contributed by atoms with E-state index < -0.39 is 51.2 Å². The number of hydrogen-bond donors (Lipinski definition) is 1. The quantitative estimate of drug-likeness (QED) is 0.181. The maximum absolute atomic E-state index is 13.9. The molecule has 1 amide bonds. The van der Waals surface area contributed by atoms with Gasteiger partial charge in [-0.3, -0.25) is 4.79 Å². The Bertz CT molecular complexity index is 1900. The van der Waals surface area contributed by atoms with Gasteiger partial charge in [0.05, 0.1) is 4.90 Å². The number of nitrogens with zero attached hydrogens (tertiary/aromatic N) is 5. The number of sulfonamides is 1. The van der Waals surface area contributed by atoms with Crippen molar-refractivity contribution < 1.29 is 44.3 Å². The molecule has 1 N–H and O–H groups in total. The summed E-state index contributed by atoms with van der Waals surface area (Å²) < 4.78 is 110. The summed E-state index contributed by atoms with van der Waals surface area (Å²) in [6, 6.07) is 9.89. The van der Waals surface area contributed by atoms with Crippen LogP contribution >= 0.6 is 22.9 Å². The first-order valence-electron chi connectivity index (χ1n) is 14.0. The smallest absolute Gasteiger partial charge is 0.406 e. The normalized spacial score (nSPS) is 18.0. The molecule has 19 heteroatoms. The Balaban J connectivity index is 1.26. The van der Waals surface area contributed by atoms with Gasteiger partial charge in [-0.25, -0.2) is 18.4 Å². The highest BCUT2D eigenvalue weighted by Crippen LogP contribution is 2.41. The van der Waals surface area contributed by atoms with E-state index in [2.05, 4.69) is 25.0 Å². The molecule has 1 saturated carbocycles. The molecule has 6 rings (SSSR count). The lowest BCUT2D eigenvalue weighted by molar-refractivity contribution is -0.274. The van der Waals surface area contributed by atoms with E-state index in [0.29, 0.717) is 11.5 Å². The van der Waals surface area contributed by atoms with Crippen LogP contribution in [0.25, 0.3) is 10.3 Å². The molecule has 4 aromatic rings. The van der Waals surface area contributed by atoms with E-state index in [1.165, 1.54) is 24.3 Å². The van der Waals surface area contributed by atoms with Crippen molar-refractivity contribution in [2.24, 2.45) is 0 Å². The molecule has 1 saturated heterocycles. The zero-order chi connectivity index (χ0) is 33.7. The molecule has 2 aromatic heterocycles. The molecule has 2 fully saturated rings. The molecule has 2 aliphatic rings. The van der Waals surface area contributed by atoms with Crippen molar-refractivity contribution in [1.82, 2.24) is 24.6 Å². The Morgan fingerprint density at radius 1 is 0.979 bits per heavy atom. The molecule has 0 spiro atoms. The van der Waals surface area contributed by atoms with Crippen LogP contribution in [0.1, 0.15) is 35.7 Å². The SMILES string of the molecule is O=C(NCc1ccc(OC(F)(F)F)cc1)[C@H]1CN(c2nc3nc(C(F)(F)F)nc(Cl)c3s2)CCN1S(=O)(=O)c1ccc(C2CC2)cc1. The number of benzene rings is 2. The fourth-order valence-electron chi connectivity index (χ4n) is 5.06. The van der Waals surface area contributed by atoms with Crippen molar-refractivity contribution >= 4 is 54.3 Å². The molecule has 1 aliphatic heterocycles. The van der Waals surface area contributed by atoms with Gasteiger partial charge in [0, 0.05) is 26.2 Å². The van der Waals surface area contributed by atoms with Gasteiger partial charge in [0.2, 0.25) is 21.8 Å². The standard InChI is InChI=1S/C28H23ClF6N6O4S2/c29-22-21-23(38-25(37-22)27(30,31)32)39-26(46-21)40-11-12-41(47(43,44)19-9-5-17(6-10-19)16-3-4-16)20(14-40)24(42)36-13-15-1-7-18(8-2-15)45-28(33,34)35/h1-2,5-10,16,20H,3-4,11-14H2,(H,36,42)/t20-/m1/s1. The van der Waals surface area contributed by atoms with Crippen LogP contribution in [-0.2, 0) is 27.5 Å². The number of alkyl halides is 6. The van der Waals surface area contributed by atoms with Crippen molar-refractivity contribution in [2.75, 3.05) is 24.5 Å². The van der Waals surface area contributed by atoms with Crippen molar-refractivity contribution in [3.63, 3.8) is 0 Å². The molecule has 2 aromatic carbocycles. The predicted octanol–water partition coefficient (Wildman–Crippen LogP) is 5.73. The molecular formula is C28H23ClF6N6O4S2. The summed E-state index contributed by atoms with van der Waals surface area (Å²) in [5, 5.41) is 2.33. The van der Waals surface area contributed by atoms with Gasteiger partial charge in [0.1, 0.15) is 16.5 Å². The summed E-state index contributed by atoms with van der Waals surface area (Å²) >= 11 is 6.90. The first kappa shape index (κ1) is 33.2. The highest BCUT2D eigenvalue weighted by Gasteiger charge is 2.42. The van der Waals surface area contributed by atoms with Gasteiger partial charge in [0.25, 0.3) is 0 Å². The van der Waals surface area contributed by atoms with Crippen LogP contribution in [0.5, 0.6) is 5.75 Å². The van der Waals surface area contributed by atoms with E-state index in [4.69, 9.17) is 11.6 Å². The van der Waals surface area contributed by atoms with Gasteiger partial charge in [-0.05, 0) is 54.2 Å². The number of thiazole rings is 1. The number of rotatable bonds is 8. The Morgan fingerprint density at radius 3 is 2.28 bits per heavy atom. The number of fused-ring (bicyclic) bond motifs is 1. The molecule has 1 aliphatic carbocycles. The van der Waals surface area contributed by atoms with E-state index in [9.17, 15) is 39.6 Å². The highest BCUT2D eigenvalue weighted by molar-refractivity contribution is 7.89. The fourth-order valence-corrected chi connectivity index (χ4v) is 7.84. The highest BCUT2D eigenvalue weighted by atomic mass is 35.5. The summed E-state index contributed by atoms with van der Waals surface area (Å²) in [6.07, 6.45) is -7.70. The minimum atomic E-state index is -4.88. The largest absolute Gasteiger partial charge is 0.573 e. The lowest BCUT2D eigenvalue weighted by atomic mass is 10.1. The maximum atomic E-state index is 13.9. The monoisotopic (exact) mass is 720 g/mol. The third-order valence-corrected chi connectivity index (χ3v) is 10.9. The second-order valence-corrected chi connectivity index (χ2v) is 14.0. The average Bonchev–Trinajstić information content (AvgIpc) is 3.77. The second kappa shape index (κ2) is 12.4. The van der Waals surface area contributed by atoms with Crippen LogP contribution in [0.4, 0.5) is 31.5 Å². The molecule has 0 radical (unpaired) electrons. The molecule has 250 valence electrons. The maximum Gasteiger partial charge on any atom is 0.573 e. The first-order valence-corrected chi connectivity index (χ1v) is 16.6. The Hall–Kier alpha value is -3.74. The average molecular weight is 721 g/mol. The van der Waals surface area contributed by atoms with E-state index in [1.807, 2.05) is 0 Å². The minimum absolute atomic E-state index is 0.0184. The van der Waals surface area contributed by atoms with E-state index in [1.54, 1.807) is 17.0 Å². The molecule has 10 nitrogen and oxygen atoms in total. The van der Waals surface area contributed by atoms with Gasteiger partial charge in [0.15, 0.2) is 15.9 Å². The van der Waals surface area contributed by atoms with E-state index in [-0.39, 0.29) is 46.6 Å². The molecule has 1 atom stereocenters. The summed E-state index contributed by atoms with van der Waals surface area (Å²) in [4.78, 5) is 26.1. The van der Waals surface area contributed by atoms with Crippen molar-refractivity contribution in [2.45, 2.75) is 48.8 Å². The van der Waals surface area contributed by atoms with Gasteiger partial charge >= 0.3 is 12.5 Å². The third kappa shape index (κ3) is 7.39. The number of halogens is 7. The van der Waals surface area contributed by atoms with Crippen LogP contribution < -0.4 is 15.0 Å². The van der Waals surface area contributed by atoms with Crippen molar-refractivity contribution in [3.8, 4) is 5.75 Å². The number of amides is 1. The predicted molar refractivity (Wildman–Crippen MR) is 159 cm³/mol. The summed E-state index contributed by atoms with van der Waals surface area (Å²) in [6.45, 7) is -0.545. The molecule has 0 bridgehead atoms. The first-order chi connectivity index (χ1) is 22.1. The zero-order valence-electron chi connectivity index (χ0n) is 23.8. The van der Waals surface area contributed by atoms with Gasteiger partial charge in [-0.1, -0.05) is 47.2 Å². The van der Waals surface area contributed by atoms with Gasteiger partial charge in [-0.15, -0.1) is 13.2 Å². The second-order valence-electron chi connectivity index (χ2n) is 10.8. The van der Waals surface area contributed by atoms with Gasteiger partial charge in [-0.2, -0.15) is 22.5 Å². The number of carbonyl (C=O) groups is 1. The molecule has 0 unspecified atom stereocenters. The van der Waals surface area contributed by atoms with Gasteiger partial charge < -0.3 is 15.0 Å². The number of ether oxygens (including phenoxy) is 1. The molecule has 3 heterocycles. The van der Waals surface area contributed by atoms with Crippen LogP contribution in [0.2, 0.25) is 5.15 Å². The summed E-state index contributed by atoms with van der Waals surface area (Å²) in [7, 11) is -4.21. The Labute approximate surface area is 272 Å². The number of anilines is 1. The van der Waals surface area contributed by atoms with E-state index in [0.717, 1.165) is 46.2 Å². The lowest BCUT2D eigenvalue weighted by Crippen LogP contribution is -2.60.